The number of benzene rings is 3. The quantitative estimate of drug-likeness (QED) is 0.357. The van der Waals surface area contributed by atoms with Gasteiger partial charge in [0.2, 0.25) is 5.91 Å². The Morgan fingerprint density at radius 1 is 1.08 bits per heavy atom. The molecule has 0 atom stereocenters. The minimum atomic E-state index is -0.220. The van der Waals surface area contributed by atoms with Crippen LogP contribution < -0.4 is 15.2 Å². The van der Waals surface area contributed by atoms with E-state index in [1.807, 2.05) is 67.6 Å². The summed E-state index contributed by atoms with van der Waals surface area (Å²) >= 11 is 6.35. The summed E-state index contributed by atoms with van der Waals surface area (Å²) in [6.07, 6.45) is 1.55. The van der Waals surface area contributed by atoms with Crippen molar-refractivity contribution in [2.45, 2.75) is 20.0 Å². The number of para-hydroxylation sites is 1. The molecule has 1 amide bonds. The molecule has 0 unspecified atom stereocenters. The van der Waals surface area contributed by atoms with Gasteiger partial charge in [0.05, 0.1) is 30.6 Å². The number of fused-ring (bicyclic) bond motifs is 4. The Morgan fingerprint density at radius 3 is 2.75 bits per heavy atom. The van der Waals surface area contributed by atoms with Crippen LogP contribution in [0.3, 0.4) is 0 Å². The van der Waals surface area contributed by atoms with E-state index in [4.69, 9.17) is 16.3 Å². The van der Waals surface area contributed by atoms with Gasteiger partial charge in [0.15, 0.2) is 0 Å². The molecule has 1 aliphatic heterocycles. The Labute approximate surface area is 212 Å². The van der Waals surface area contributed by atoms with E-state index in [0.717, 1.165) is 27.7 Å². The van der Waals surface area contributed by atoms with E-state index < -0.39 is 0 Å². The van der Waals surface area contributed by atoms with Gasteiger partial charge in [0, 0.05) is 10.4 Å². The number of amides is 1. The molecule has 3 aromatic carbocycles. The highest BCUT2D eigenvalue weighted by Crippen LogP contribution is 2.33. The summed E-state index contributed by atoms with van der Waals surface area (Å²) in [6, 6.07) is 20.9. The highest BCUT2D eigenvalue weighted by atomic mass is 35.5. The van der Waals surface area contributed by atoms with E-state index in [9.17, 15) is 9.59 Å². The van der Waals surface area contributed by atoms with Crippen molar-refractivity contribution in [3.63, 3.8) is 0 Å². The smallest absolute Gasteiger partial charge is 0.278 e. The topological polar surface area (TPSA) is 69.4 Å². The molecule has 0 N–H and O–H groups in total. The fourth-order valence-electron chi connectivity index (χ4n) is 4.84. The minimum Gasteiger partial charge on any atom is -0.490 e. The van der Waals surface area contributed by atoms with E-state index >= 15 is 0 Å². The van der Waals surface area contributed by atoms with E-state index in [2.05, 4.69) is 4.98 Å². The second kappa shape index (κ2) is 8.84. The maximum atomic E-state index is 13.7. The van der Waals surface area contributed by atoms with Crippen LogP contribution in [0.25, 0.3) is 21.9 Å². The molecule has 0 fully saturated rings. The molecule has 3 heterocycles. The number of carbonyl (C=O) groups excluding carboxylic acids is 1. The molecule has 0 radical (unpaired) electrons. The Bertz CT molecular complexity index is 1710. The van der Waals surface area contributed by atoms with Crippen molar-refractivity contribution in [1.29, 1.82) is 0 Å². The zero-order valence-electron chi connectivity index (χ0n) is 19.6. The SMILES string of the molecule is Cc1ccc2c(c1)N(C(=O)Cn1c3ccccc3c3ncn(Cc4ccccc4Cl)c(=O)c31)CCO2. The van der Waals surface area contributed by atoms with Gasteiger partial charge in [-0.1, -0.05) is 54.1 Å². The van der Waals surface area contributed by atoms with Gasteiger partial charge in [-0.2, -0.15) is 0 Å². The van der Waals surface area contributed by atoms with Crippen molar-refractivity contribution in [1.82, 2.24) is 14.1 Å². The van der Waals surface area contributed by atoms with Gasteiger partial charge in [0.1, 0.15) is 29.9 Å². The fraction of sp³-hybridized carbons (Fsp3) is 0.179. The van der Waals surface area contributed by atoms with Crippen LogP contribution in [0.5, 0.6) is 5.75 Å². The first kappa shape index (κ1) is 22.4. The van der Waals surface area contributed by atoms with E-state index in [0.29, 0.717) is 35.0 Å². The first-order chi connectivity index (χ1) is 17.5. The molecule has 0 spiro atoms. The maximum absolute atomic E-state index is 13.7. The first-order valence-corrected chi connectivity index (χ1v) is 12.1. The molecule has 180 valence electrons. The molecule has 0 saturated carbocycles. The lowest BCUT2D eigenvalue weighted by Gasteiger charge is -2.30. The first-order valence-electron chi connectivity index (χ1n) is 11.7. The lowest BCUT2D eigenvalue weighted by molar-refractivity contribution is -0.119. The van der Waals surface area contributed by atoms with Gasteiger partial charge in [-0.3, -0.25) is 14.2 Å². The Morgan fingerprint density at radius 2 is 1.89 bits per heavy atom. The summed E-state index contributed by atoms with van der Waals surface area (Å²) in [5.41, 5.74) is 4.16. The summed E-state index contributed by atoms with van der Waals surface area (Å²) < 4.78 is 9.09. The lowest BCUT2D eigenvalue weighted by atomic mass is 10.1. The van der Waals surface area contributed by atoms with E-state index in [1.165, 1.54) is 4.57 Å². The third-order valence-electron chi connectivity index (χ3n) is 6.60. The normalized spacial score (nSPS) is 13.1. The number of aromatic nitrogens is 3. The largest absolute Gasteiger partial charge is 0.490 e. The molecule has 0 saturated heterocycles. The molecule has 0 bridgehead atoms. The van der Waals surface area contributed by atoms with Gasteiger partial charge in [-0.25, -0.2) is 4.98 Å². The third-order valence-corrected chi connectivity index (χ3v) is 6.97. The zero-order chi connectivity index (χ0) is 24.8. The van der Waals surface area contributed by atoms with Crippen molar-refractivity contribution in [3.8, 4) is 5.75 Å². The molecule has 2 aromatic heterocycles. The fourth-order valence-corrected chi connectivity index (χ4v) is 5.04. The summed E-state index contributed by atoms with van der Waals surface area (Å²) in [5, 5.41) is 1.42. The second-order valence-corrected chi connectivity index (χ2v) is 9.34. The second-order valence-electron chi connectivity index (χ2n) is 8.93. The molecule has 5 aromatic rings. The number of aryl methyl sites for hydroxylation is 1. The van der Waals surface area contributed by atoms with Gasteiger partial charge < -0.3 is 14.2 Å². The average molecular weight is 499 g/mol. The van der Waals surface area contributed by atoms with Crippen LogP contribution in [-0.4, -0.2) is 33.2 Å². The molecule has 8 heteroatoms. The van der Waals surface area contributed by atoms with Crippen molar-refractivity contribution in [3.05, 3.63) is 99.6 Å². The number of ether oxygens (including phenoxy) is 1. The predicted molar refractivity (Wildman–Crippen MR) is 141 cm³/mol. The molecule has 7 nitrogen and oxygen atoms in total. The van der Waals surface area contributed by atoms with Crippen molar-refractivity contribution >= 4 is 45.1 Å². The Hall–Kier alpha value is -4.10. The number of rotatable bonds is 4. The van der Waals surface area contributed by atoms with Gasteiger partial charge in [0.25, 0.3) is 5.56 Å². The Balaban J connectivity index is 1.46. The maximum Gasteiger partial charge on any atom is 0.278 e. The van der Waals surface area contributed by atoms with Crippen LogP contribution >= 0.6 is 11.6 Å². The number of hydrogen-bond acceptors (Lipinski definition) is 4. The number of anilines is 1. The van der Waals surface area contributed by atoms with Crippen molar-refractivity contribution in [2.75, 3.05) is 18.1 Å². The highest BCUT2D eigenvalue weighted by Gasteiger charge is 2.26. The lowest BCUT2D eigenvalue weighted by Crippen LogP contribution is -2.40. The van der Waals surface area contributed by atoms with Crippen LogP contribution in [0, 0.1) is 6.92 Å². The molecular formula is C28H23ClN4O3. The number of nitrogens with zero attached hydrogens (tertiary/aromatic N) is 4. The van der Waals surface area contributed by atoms with Crippen LogP contribution in [0.1, 0.15) is 11.1 Å². The molecule has 1 aliphatic rings. The molecule has 6 rings (SSSR count). The van der Waals surface area contributed by atoms with Crippen LogP contribution in [-0.2, 0) is 17.9 Å². The van der Waals surface area contributed by atoms with Crippen molar-refractivity contribution in [2.24, 2.45) is 0 Å². The zero-order valence-corrected chi connectivity index (χ0v) is 20.4. The van der Waals surface area contributed by atoms with Gasteiger partial charge in [-0.15, -0.1) is 0 Å². The minimum absolute atomic E-state index is 0.00439. The average Bonchev–Trinajstić information content (AvgIpc) is 3.20. The Kier molecular flexibility index (Phi) is 5.49. The number of hydrogen-bond donors (Lipinski definition) is 0. The molecule has 36 heavy (non-hydrogen) atoms. The van der Waals surface area contributed by atoms with E-state index in [1.54, 1.807) is 21.9 Å². The summed E-state index contributed by atoms with van der Waals surface area (Å²) in [5.74, 6) is 0.569. The summed E-state index contributed by atoms with van der Waals surface area (Å²) in [4.78, 5) is 33.8. The molecular weight excluding hydrogens is 476 g/mol. The number of carbonyl (C=O) groups is 1. The number of halogens is 1. The highest BCUT2D eigenvalue weighted by molar-refractivity contribution is 6.31. The van der Waals surface area contributed by atoms with Gasteiger partial charge >= 0.3 is 0 Å². The monoisotopic (exact) mass is 498 g/mol. The van der Waals surface area contributed by atoms with Crippen LogP contribution in [0.2, 0.25) is 5.02 Å². The molecule has 0 aliphatic carbocycles. The predicted octanol–water partition coefficient (Wildman–Crippen LogP) is 4.79. The van der Waals surface area contributed by atoms with Crippen LogP contribution in [0.4, 0.5) is 5.69 Å². The van der Waals surface area contributed by atoms with E-state index in [-0.39, 0.29) is 24.6 Å². The van der Waals surface area contributed by atoms with Crippen molar-refractivity contribution < 1.29 is 9.53 Å². The third kappa shape index (κ3) is 3.72. The standard InChI is InChI=1S/C28H23ClN4O3/c1-18-10-11-24-23(14-18)32(12-13-36-24)25(34)16-33-22-9-5-3-7-20(22)26-27(33)28(35)31(17-30-26)15-19-6-2-4-8-21(19)29/h2-11,14,17H,12-13,15-16H2,1H3. The summed E-state index contributed by atoms with van der Waals surface area (Å²) in [7, 11) is 0. The summed E-state index contributed by atoms with van der Waals surface area (Å²) in [6.45, 7) is 3.14. The van der Waals surface area contributed by atoms with Crippen LogP contribution in [0.15, 0.2) is 77.9 Å². The van der Waals surface area contributed by atoms with Gasteiger partial charge in [-0.05, 0) is 42.3 Å².